The van der Waals surface area contributed by atoms with Gasteiger partial charge in [-0.25, -0.2) is 0 Å². The highest BCUT2D eigenvalue weighted by Gasteiger charge is 2.28. The highest BCUT2D eigenvalue weighted by molar-refractivity contribution is 5.06. The molecule has 2 heterocycles. The van der Waals surface area contributed by atoms with E-state index in [1.54, 1.807) is 0 Å². The van der Waals surface area contributed by atoms with E-state index in [9.17, 15) is 0 Å². The third-order valence-corrected chi connectivity index (χ3v) is 2.91. The molecule has 4 unspecified atom stereocenters. The Kier molecular flexibility index (Phi) is 2.20. The van der Waals surface area contributed by atoms with Crippen molar-refractivity contribution in [2.24, 2.45) is 5.92 Å². The molecule has 4 atom stereocenters. The fourth-order valence-corrected chi connectivity index (χ4v) is 2.15. The Morgan fingerprint density at radius 1 is 1.08 bits per heavy atom. The zero-order valence-electron chi connectivity index (χ0n) is 7.88. The van der Waals surface area contributed by atoms with E-state index in [0.717, 1.165) is 5.92 Å². The fraction of sp³-hybridized carbons (Fsp3) is 0.800. The van der Waals surface area contributed by atoms with E-state index in [2.05, 4.69) is 36.6 Å². The molecular formula is C10H18N2. The lowest BCUT2D eigenvalue weighted by atomic mass is 9.89. The number of nitrogens with one attached hydrogen (secondary N) is 2. The van der Waals surface area contributed by atoms with Gasteiger partial charge >= 0.3 is 0 Å². The largest absolute Gasteiger partial charge is 0.299 e. The van der Waals surface area contributed by atoms with Crippen LogP contribution in [0.15, 0.2) is 12.2 Å². The Morgan fingerprint density at radius 3 is 2.75 bits per heavy atom. The van der Waals surface area contributed by atoms with Crippen molar-refractivity contribution in [1.82, 2.24) is 10.6 Å². The zero-order valence-corrected chi connectivity index (χ0v) is 7.88. The van der Waals surface area contributed by atoms with Gasteiger partial charge in [0.15, 0.2) is 0 Å². The van der Waals surface area contributed by atoms with E-state index < -0.39 is 0 Å². The molecule has 1 saturated heterocycles. The molecular weight excluding hydrogens is 148 g/mol. The SMILES string of the molecule is CC1C=CC2CCC(C)NC2N1. The van der Waals surface area contributed by atoms with Crippen LogP contribution in [-0.2, 0) is 0 Å². The summed E-state index contributed by atoms with van der Waals surface area (Å²) in [6, 6.07) is 1.21. The first-order valence-corrected chi connectivity index (χ1v) is 4.96. The van der Waals surface area contributed by atoms with Crippen molar-refractivity contribution in [2.75, 3.05) is 0 Å². The van der Waals surface area contributed by atoms with Crippen molar-refractivity contribution in [1.29, 1.82) is 0 Å². The van der Waals surface area contributed by atoms with Crippen molar-refractivity contribution in [2.45, 2.75) is 44.9 Å². The Morgan fingerprint density at radius 2 is 1.92 bits per heavy atom. The molecule has 0 aliphatic carbocycles. The molecule has 2 rings (SSSR count). The van der Waals surface area contributed by atoms with E-state index in [0.29, 0.717) is 18.2 Å². The van der Waals surface area contributed by atoms with Gasteiger partial charge in [-0.15, -0.1) is 0 Å². The van der Waals surface area contributed by atoms with Gasteiger partial charge in [0, 0.05) is 18.0 Å². The number of hydrogen-bond acceptors (Lipinski definition) is 2. The van der Waals surface area contributed by atoms with Gasteiger partial charge in [0.25, 0.3) is 0 Å². The van der Waals surface area contributed by atoms with Crippen LogP contribution >= 0.6 is 0 Å². The summed E-state index contributed by atoms with van der Waals surface area (Å²) in [7, 11) is 0. The van der Waals surface area contributed by atoms with Crippen LogP contribution in [-0.4, -0.2) is 18.2 Å². The molecule has 1 fully saturated rings. The summed E-state index contributed by atoms with van der Waals surface area (Å²) in [5.74, 6) is 0.720. The summed E-state index contributed by atoms with van der Waals surface area (Å²) in [5.41, 5.74) is 0. The van der Waals surface area contributed by atoms with Crippen molar-refractivity contribution < 1.29 is 0 Å². The first kappa shape index (κ1) is 8.27. The molecule has 68 valence electrons. The predicted molar refractivity (Wildman–Crippen MR) is 50.8 cm³/mol. The van der Waals surface area contributed by atoms with Gasteiger partial charge in [-0.05, 0) is 26.7 Å². The third kappa shape index (κ3) is 1.54. The molecule has 0 saturated carbocycles. The standard InChI is InChI=1S/C10H18N2/c1-7-3-5-9-6-4-8(2)12-10(9)11-7/h3,5,7-12H,4,6H2,1-2H3. The average molecular weight is 166 g/mol. The van der Waals surface area contributed by atoms with Gasteiger partial charge < -0.3 is 0 Å². The number of fused-ring (bicyclic) bond motifs is 1. The average Bonchev–Trinajstić information content (AvgIpc) is 2.03. The van der Waals surface area contributed by atoms with Gasteiger partial charge in [0.2, 0.25) is 0 Å². The van der Waals surface area contributed by atoms with Crippen LogP contribution in [0.3, 0.4) is 0 Å². The Labute approximate surface area is 74.4 Å². The summed E-state index contributed by atoms with van der Waals surface area (Å²) < 4.78 is 0. The molecule has 0 aromatic rings. The lowest BCUT2D eigenvalue weighted by Gasteiger charge is -2.39. The molecule has 0 spiro atoms. The van der Waals surface area contributed by atoms with Crippen molar-refractivity contribution >= 4 is 0 Å². The van der Waals surface area contributed by atoms with Crippen molar-refractivity contribution in [3.63, 3.8) is 0 Å². The molecule has 0 amide bonds. The van der Waals surface area contributed by atoms with E-state index in [-0.39, 0.29) is 0 Å². The lowest BCUT2D eigenvalue weighted by molar-refractivity contribution is 0.222. The molecule has 12 heavy (non-hydrogen) atoms. The van der Waals surface area contributed by atoms with Gasteiger partial charge in [0.1, 0.15) is 0 Å². The normalized spacial score (nSPS) is 47.2. The van der Waals surface area contributed by atoms with Crippen LogP contribution in [0.2, 0.25) is 0 Å². The Bertz CT molecular complexity index is 188. The second kappa shape index (κ2) is 3.19. The minimum Gasteiger partial charge on any atom is -0.299 e. The predicted octanol–water partition coefficient (Wildman–Crippen LogP) is 1.25. The second-order valence-electron chi connectivity index (χ2n) is 4.13. The van der Waals surface area contributed by atoms with Gasteiger partial charge in [-0.3, -0.25) is 10.6 Å². The summed E-state index contributed by atoms with van der Waals surface area (Å²) in [6.45, 7) is 4.47. The summed E-state index contributed by atoms with van der Waals surface area (Å²) >= 11 is 0. The molecule has 2 N–H and O–H groups in total. The number of piperidine rings is 1. The summed E-state index contributed by atoms with van der Waals surface area (Å²) in [6.07, 6.45) is 7.80. The minimum atomic E-state index is 0.522. The number of rotatable bonds is 0. The van der Waals surface area contributed by atoms with Crippen LogP contribution < -0.4 is 10.6 Å². The topological polar surface area (TPSA) is 24.1 Å². The first-order chi connectivity index (χ1) is 5.75. The lowest BCUT2D eigenvalue weighted by Crippen LogP contribution is -2.57. The second-order valence-corrected chi connectivity index (χ2v) is 4.13. The maximum Gasteiger partial charge on any atom is 0.0642 e. The first-order valence-electron chi connectivity index (χ1n) is 4.96. The van der Waals surface area contributed by atoms with Crippen molar-refractivity contribution in [3.05, 3.63) is 12.2 Å². The van der Waals surface area contributed by atoms with Crippen molar-refractivity contribution in [3.8, 4) is 0 Å². The van der Waals surface area contributed by atoms with E-state index >= 15 is 0 Å². The molecule has 2 aliphatic rings. The quantitative estimate of drug-likeness (QED) is 0.529. The molecule has 0 aromatic carbocycles. The molecule has 0 aromatic heterocycles. The van der Waals surface area contributed by atoms with Crippen LogP contribution in [0, 0.1) is 5.92 Å². The van der Waals surface area contributed by atoms with Crippen LogP contribution in [0.5, 0.6) is 0 Å². The van der Waals surface area contributed by atoms with Gasteiger partial charge in [-0.2, -0.15) is 0 Å². The molecule has 2 heteroatoms. The number of hydrogen-bond donors (Lipinski definition) is 2. The third-order valence-electron chi connectivity index (χ3n) is 2.91. The van der Waals surface area contributed by atoms with Crippen LogP contribution in [0.25, 0.3) is 0 Å². The fourth-order valence-electron chi connectivity index (χ4n) is 2.15. The Hall–Kier alpha value is -0.340. The monoisotopic (exact) mass is 166 g/mol. The van der Waals surface area contributed by atoms with Gasteiger partial charge in [-0.1, -0.05) is 12.2 Å². The van der Waals surface area contributed by atoms with Gasteiger partial charge in [0.05, 0.1) is 6.17 Å². The molecule has 2 aliphatic heterocycles. The van der Waals surface area contributed by atoms with E-state index in [4.69, 9.17) is 0 Å². The van der Waals surface area contributed by atoms with Crippen LogP contribution in [0.4, 0.5) is 0 Å². The Balaban J connectivity index is 2.04. The smallest absolute Gasteiger partial charge is 0.0642 e. The van der Waals surface area contributed by atoms with Crippen LogP contribution in [0.1, 0.15) is 26.7 Å². The molecule has 2 nitrogen and oxygen atoms in total. The molecule has 0 bridgehead atoms. The maximum absolute atomic E-state index is 3.59. The summed E-state index contributed by atoms with van der Waals surface area (Å²) in [4.78, 5) is 0. The summed E-state index contributed by atoms with van der Waals surface area (Å²) in [5, 5.41) is 7.14. The maximum atomic E-state index is 3.59. The zero-order chi connectivity index (χ0) is 8.55. The van der Waals surface area contributed by atoms with E-state index in [1.807, 2.05) is 0 Å². The van der Waals surface area contributed by atoms with E-state index in [1.165, 1.54) is 12.8 Å². The molecule has 0 radical (unpaired) electrons. The highest BCUT2D eigenvalue weighted by Crippen LogP contribution is 2.22. The minimum absolute atomic E-state index is 0.522. The highest BCUT2D eigenvalue weighted by atomic mass is 15.2.